The molecule has 0 radical (unpaired) electrons. The summed E-state index contributed by atoms with van der Waals surface area (Å²) in [6.45, 7) is 8.32. The molecule has 0 atom stereocenters. The Labute approximate surface area is 98.1 Å². The van der Waals surface area contributed by atoms with Gasteiger partial charge in [-0.15, -0.1) is 0 Å². The van der Waals surface area contributed by atoms with Gasteiger partial charge in [-0.05, 0) is 43.0 Å². The summed E-state index contributed by atoms with van der Waals surface area (Å²) >= 11 is 0. The average molecular weight is 223 g/mol. The summed E-state index contributed by atoms with van der Waals surface area (Å²) in [6.07, 6.45) is 2.09. The van der Waals surface area contributed by atoms with Gasteiger partial charge in [0, 0.05) is 0 Å². The molecule has 16 heavy (non-hydrogen) atoms. The van der Waals surface area contributed by atoms with Crippen LogP contribution in [0.2, 0.25) is 0 Å². The van der Waals surface area contributed by atoms with Crippen LogP contribution >= 0.6 is 0 Å². The van der Waals surface area contributed by atoms with E-state index in [1.165, 1.54) is 6.07 Å². The lowest BCUT2D eigenvalue weighted by atomic mass is 9.81. The quantitative estimate of drug-likeness (QED) is 0.728. The van der Waals surface area contributed by atoms with Crippen molar-refractivity contribution in [2.75, 3.05) is 13.1 Å². The van der Waals surface area contributed by atoms with Crippen molar-refractivity contribution >= 4 is 0 Å². The molecule has 1 aromatic rings. The summed E-state index contributed by atoms with van der Waals surface area (Å²) < 4.78 is 13.6. The molecule has 0 saturated heterocycles. The fourth-order valence-electron chi connectivity index (χ4n) is 1.85. The summed E-state index contributed by atoms with van der Waals surface area (Å²) in [5.41, 5.74) is 0.708. The fraction of sp³-hybridized carbons (Fsp3) is 0.571. The fourth-order valence-corrected chi connectivity index (χ4v) is 1.85. The molecule has 0 amide bonds. The first-order valence-electron chi connectivity index (χ1n) is 6.03. The maximum atomic E-state index is 13.6. The van der Waals surface area contributed by atoms with Crippen LogP contribution in [0.15, 0.2) is 24.3 Å². The second-order valence-corrected chi connectivity index (χ2v) is 4.86. The van der Waals surface area contributed by atoms with Gasteiger partial charge in [0.1, 0.15) is 5.82 Å². The maximum Gasteiger partial charge on any atom is 0.126 e. The second kappa shape index (κ2) is 6.00. The molecular weight excluding hydrogens is 201 g/mol. The van der Waals surface area contributed by atoms with Crippen LogP contribution in [0, 0.1) is 5.82 Å². The Balaban J connectivity index is 2.59. The Hall–Kier alpha value is -0.890. The molecule has 0 aromatic heterocycles. The van der Waals surface area contributed by atoms with E-state index in [9.17, 15) is 4.39 Å². The monoisotopic (exact) mass is 223 g/mol. The minimum absolute atomic E-state index is 0.0945. The van der Waals surface area contributed by atoms with Crippen molar-refractivity contribution in [3.63, 3.8) is 0 Å². The molecule has 2 heteroatoms. The zero-order valence-electron chi connectivity index (χ0n) is 10.5. The first-order chi connectivity index (χ1) is 7.58. The van der Waals surface area contributed by atoms with Crippen LogP contribution in [-0.2, 0) is 5.41 Å². The highest BCUT2D eigenvalue weighted by Gasteiger charge is 2.22. The van der Waals surface area contributed by atoms with E-state index < -0.39 is 0 Å². The van der Waals surface area contributed by atoms with E-state index in [4.69, 9.17) is 0 Å². The van der Waals surface area contributed by atoms with Gasteiger partial charge in [0.15, 0.2) is 0 Å². The van der Waals surface area contributed by atoms with Gasteiger partial charge in [0.05, 0.1) is 0 Å². The third-order valence-electron chi connectivity index (χ3n) is 2.96. The molecule has 0 saturated carbocycles. The minimum Gasteiger partial charge on any atom is -0.317 e. The number of hydrogen-bond donors (Lipinski definition) is 1. The molecule has 1 aromatic carbocycles. The lowest BCUT2D eigenvalue weighted by molar-refractivity contribution is 0.434. The number of nitrogens with one attached hydrogen (secondary N) is 1. The van der Waals surface area contributed by atoms with Gasteiger partial charge in [-0.2, -0.15) is 0 Å². The second-order valence-electron chi connectivity index (χ2n) is 4.86. The number of hydrogen-bond acceptors (Lipinski definition) is 1. The van der Waals surface area contributed by atoms with Crippen molar-refractivity contribution in [2.24, 2.45) is 0 Å². The Morgan fingerprint density at radius 2 is 1.88 bits per heavy atom. The van der Waals surface area contributed by atoms with Crippen molar-refractivity contribution in [2.45, 2.75) is 39.0 Å². The van der Waals surface area contributed by atoms with Crippen LogP contribution in [-0.4, -0.2) is 13.1 Å². The summed E-state index contributed by atoms with van der Waals surface area (Å²) in [4.78, 5) is 0. The molecule has 1 rings (SSSR count). The minimum atomic E-state index is -0.105. The molecule has 0 bridgehead atoms. The van der Waals surface area contributed by atoms with Crippen molar-refractivity contribution < 1.29 is 4.39 Å². The van der Waals surface area contributed by atoms with Crippen LogP contribution in [0.5, 0.6) is 0 Å². The van der Waals surface area contributed by atoms with Crippen molar-refractivity contribution in [1.29, 1.82) is 0 Å². The molecule has 0 heterocycles. The average Bonchev–Trinajstić information content (AvgIpc) is 2.25. The lowest BCUT2D eigenvalue weighted by Crippen LogP contribution is -2.26. The van der Waals surface area contributed by atoms with E-state index in [1.54, 1.807) is 6.07 Å². The first-order valence-corrected chi connectivity index (χ1v) is 6.03. The summed E-state index contributed by atoms with van der Waals surface area (Å²) in [5, 5.41) is 3.36. The van der Waals surface area contributed by atoms with Gasteiger partial charge < -0.3 is 5.32 Å². The highest BCUT2D eigenvalue weighted by atomic mass is 19.1. The largest absolute Gasteiger partial charge is 0.317 e. The molecule has 0 aliphatic heterocycles. The topological polar surface area (TPSA) is 12.0 Å². The van der Waals surface area contributed by atoms with Gasteiger partial charge >= 0.3 is 0 Å². The van der Waals surface area contributed by atoms with Crippen molar-refractivity contribution in [3.05, 3.63) is 35.6 Å². The van der Waals surface area contributed by atoms with Crippen molar-refractivity contribution in [3.8, 4) is 0 Å². The van der Waals surface area contributed by atoms with Crippen LogP contribution in [0.1, 0.15) is 39.2 Å². The molecule has 1 N–H and O–H groups in total. The molecule has 0 aliphatic carbocycles. The molecule has 0 spiro atoms. The standard InChI is InChI=1S/C14H22FN/c1-4-10-16-11-9-14(2,3)12-7-5-6-8-13(12)15/h5-8,16H,4,9-11H2,1-3H3. The van der Waals surface area contributed by atoms with Crippen LogP contribution in [0.3, 0.4) is 0 Å². The summed E-state index contributed by atoms with van der Waals surface area (Å²) in [6, 6.07) is 7.07. The maximum absolute atomic E-state index is 13.6. The van der Waals surface area contributed by atoms with Gasteiger partial charge in [-0.3, -0.25) is 0 Å². The molecule has 0 unspecified atom stereocenters. The Bertz CT molecular complexity index is 320. The third-order valence-corrected chi connectivity index (χ3v) is 2.96. The smallest absolute Gasteiger partial charge is 0.126 e. The zero-order chi connectivity index (χ0) is 12.0. The van der Waals surface area contributed by atoms with Crippen LogP contribution in [0.25, 0.3) is 0 Å². The Morgan fingerprint density at radius 1 is 1.19 bits per heavy atom. The first kappa shape index (κ1) is 13.2. The van der Waals surface area contributed by atoms with E-state index in [1.807, 2.05) is 12.1 Å². The molecule has 0 aliphatic rings. The summed E-state index contributed by atoms with van der Waals surface area (Å²) in [7, 11) is 0. The SMILES string of the molecule is CCCNCCC(C)(C)c1ccccc1F. The predicted molar refractivity (Wildman–Crippen MR) is 67.2 cm³/mol. The van der Waals surface area contributed by atoms with E-state index in [0.29, 0.717) is 0 Å². The number of halogens is 1. The Morgan fingerprint density at radius 3 is 2.50 bits per heavy atom. The zero-order valence-corrected chi connectivity index (χ0v) is 10.5. The van der Waals surface area contributed by atoms with Crippen molar-refractivity contribution in [1.82, 2.24) is 5.32 Å². The molecule has 90 valence electrons. The Kier molecular flexibility index (Phi) is 4.94. The van der Waals surface area contributed by atoms with Gasteiger partial charge in [-0.1, -0.05) is 39.0 Å². The van der Waals surface area contributed by atoms with Gasteiger partial charge in [-0.25, -0.2) is 4.39 Å². The molecular formula is C14H22FN. The summed E-state index contributed by atoms with van der Waals surface area (Å²) in [5.74, 6) is -0.0945. The van der Waals surface area contributed by atoms with Gasteiger partial charge in [0.25, 0.3) is 0 Å². The highest BCUT2D eigenvalue weighted by Crippen LogP contribution is 2.28. The highest BCUT2D eigenvalue weighted by molar-refractivity contribution is 5.25. The molecule has 0 fully saturated rings. The van der Waals surface area contributed by atoms with E-state index in [-0.39, 0.29) is 11.2 Å². The predicted octanol–water partition coefficient (Wildman–Crippen LogP) is 3.49. The van der Waals surface area contributed by atoms with E-state index in [0.717, 1.165) is 31.5 Å². The molecule has 1 nitrogen and oxygen atoms in total. The third kappa shape index (κ3) is 3.60. The van der Waals surface area contributed by atoms with Crippen LogP contribution < -0.4 is 5.32 Å². The van der Waals surface area contributed by atoms with Crippen LogP contribution in [0.4, 0.5) is 4.39 Å². The number of benzene rings is 1. The number of rotatable bonds is 6. The normalized spacial score (nSPS) is 11.8. The van der Waals surface area contributed by atoms with E-state index >= 15 is 0 Å². The van der Waals surface area contributed by atoms with Gasteiger partial charge in [0.2, 0.25) is 0 Å². The van der Waals surface area contributed by atoms with E-state index in [2.05, 4.69) is 26.1 Å². The lowest BCUT2D eigenvalue weighted by Gasteiger charge is -2.25.